The Labute approximate surface area is 170 Å². The number of rotatable bonds is 4. The number of halogens is 2. The molecule has 9 heteroatoms. The number of hydrogen-bond donors (Lipinski definition) is 0. The van der Waals surface area contributed by atoms with E-state index in [2.05, 4.69) is 10.2 Å². The molecule has 0 aliphatic carbocycles. The fraction of sp³-hybridized carbons (Fsp3) is 0.238. The lowest BCUT2D eigenvalue weighted by molar-refractivity contribution is 0.101. The number of ketones is 1. The van der Waals surface area contributed by atoms with Gasteiger partial charge in [0.05, 0.1) is 24.0 Å². The van der Waals surface area contributed by atoms with Crippen molar-refractivity contribution in [1.29, 1.82) is 0 Å². The first kappa shape index (κ1) is 18.4. The van der Waals surface area contributed by atoms with Crippen molar-refractivity contribution in [3.05, 3.63) is 71.8 Å². The Morgan fingerprint density at radius 2 is 2.03 bits per heavy atom. The van der Waals surface area contributed by atoms with Crippen LogP contribution in [0, 0.1) is 11.6 Å². The fourth-order valence-corrected chi connectivity index (χ4v) is 3.94. The number of carbonyl (C=O) groups is 1. The van der Waals surface area contributed by atoms with E-state index in [9.17, 15) is 13.6 Å². The van der Waals surface area contributed by atoms with Gasteiger partial charge in [-0.3, -0.25) is 4.79 Å². The van der Waals surface area contributed by atoms with E-state index in [-0.39, 0.29) is 11.8 Å². The van der Waals surface area contributed by atoms with Gasteiger partial charge < -0.3 is 4.90 Å². The normalized spacial score (nSPS) is 16.5. The quantitative estimate of drug-likeness (QED) is 0.481. The predicted molar refractivity (Wildman–Crippen MR) is 106 cm³/mol. The number of benzene rings is 1. The van der Waals surface area contributed by atoms with E-state index >= 15 is 0 Å². The molecule has 0 spiro atoms. The second-order valence-electron chi connectivity index (χ2n) is 7.33. The highest BCUT2D eigenvalue weighted by atomic mass is 19.1. The van der Waals surface area contributed by atoms with Gasteiger partial charge in [0, 0.05) is 24.5 Å². The van der Waals surface area contributed by atoms with Crippen LogP contribution in [0.2, 0.25) is 0 Å². The molecule has 0 radical (unpaired) electrons. The zero-order valence-corrected chi connectivity index (χ0v) is 16.2. The predicted octanol–water partition coefficient (Wildman–Crippen LogP) is 3.74. The Morgan fingerprint density at radius 1 is 1.17 bits per heavy atom. The minimum atomic E-state index is -0.459. The van der Waals surface area contributed by atoms with Crippen LogP contribution in [-0.4, -0.2) is 36.7 Å². The van der Waals surface area contributed by atoms with Crippen molar-refractivity contribution in [3.8, 4) is 5.69 Å². The SMILES string of the molecule is CC(=O)c1cnn(-c2cnn3ccc(N4CCC[C@H]4c4cc(F)ccc4F)nc23)c1. The lowest BCUT2D eigenvalue weighted by atomic mass is 10.0. The maximum Gasteiger partial charge on any atom is 0.183 e. The van der Waals surface area contributed by atoms with Crippen LogP contribution in [-0.2, 0) is 0 Å². The molecule has 3 aromatic heterocycles. The van der Waals surface area contributed by atoms with Gasteiger partial charge in [0.15, 0.2) is 11.4 Å². The molecule has 0 bridgehead atoms. The van der Waals surface area contributed by atoms with Gasteiger partial charge in [-0.2, -0.15) is 10.2 Å². The van der Waals surface area contributed by atoms with E-state index in [1.54, 1.807) is 27.8 Å². The molecule has 4 aromatic rings. The molecule has 4 heterocycles. The second-order valence-corrected chi connectivity index (χ2v) is 7.33. The third-order valence-corrected chi connectivity index (χ3v) is 5.44. The van der Waals surface area contributed by atoms with Crippen LogP contribution in [0.15, 0.2) is 49.1 Å². The Balaban J connectivity index is 1.56. The summed E-state index contributed by atoms with van der Waals surface area (Å²) in [6.45, 7) is 2.16. The van der Waals surface area contributed by atoms with Crippen LogP contribution in [0.25, 0.3) is 11.3 Å². The summed E-state index contributed by atoms with van der Waals surface area (Å²) in [6, 6.07) is 5.06. The zero-order valence-electron chi connectivity index (χ0n) is 16.2. The van der Waals surface area contributed by atoms with Gasteiger partial charge in [0.25, 0.3) is 0 Å². The third kappa shape index (κ3) is 3.02. The van der Waals surface area contributed by atoms with E-state index in [4.69, 9.17) is 4.98 Å². The Kier molecular flexibility index (Phi) is 4.30. The number of fused-ring (bicyclic) bond motifs is 1. The number of aromatic nitrogens is 5. The highest BCUT2D eigenvalue weighted by Crippen LogP contribution is 2.37. The van der Waals surface area contributed by atoms with Crippen LogP contribution in [0.4, 0.5) is 14.6 Å². The van der Waals surface area contributed by atoms with Gasteiger partial charge in [0.1, 0.15) is 23.1 Å². The summed E-state index contributed by atoms with van der Waals surface area (Å²) in [7, 11) is 0. The minimum Gasteiger partial charge on any atom is -0.349 e. The molecular formula is C21H18F2N6O. The molecule has 1 fully saturated rings. The van der Waals surface area contributed by atoms with Crippen molar-refractivity contribution >= 4 is 17.2 Å². The summed E-state index contributed by atoms with van der Waals surface area (Å²) < 4.78 is 31.3. The first-order chi connectivity index (χ1) is 14.5. The molecule has 7 nitrogen and oxygen atoms in total. The van der Waals surface area contributed by atoms with Crippen LogP contribution < -0.4 is 4.90 Å². The van der Waals surface area contributed by atoms with Crippen molar-refractivity contribution in [1.82, 2.24) is 24.4 Å². The van der Waals surface area contributed by atoms with Crippen molar-refractivity contribution in [2.75, 3.05) is 11.4 Å². The number of hydrogen-bond acceptors (Lipinski definition) is 5. The highest BCUT2D eigenvalue weighted by molar-refractivity contribution is 5.93. The average molecular weight is 408 g/mol. The van der Waals surface area contributed by atoms with Crippen LogP contribution in [0.3, 0.4) is 0 Å². The first-order valence-electron chi connectivity index (χ1n) is 9.63. The molecule has 1 aromatic carbocycles. The second kappa shape index (κ2) is 7.01. The Morgan fingerprint density at radius 3 is 2.83 bits per heavy atom. The summed E-state index contributed by atoms with van der Waals surface area (Å²) in [6.07, 6.45) is 8.08. The molecule has 1 atom stereocenters. The molecule has 152 valence electrons. The van der Waals surface area contributed by atoms with Gasteiger partial charge in [-0.15, -0.1) is 0 Å². The summed E-state index contributed by atoms with van der Waals surface area (Å²) in [4.78, 5) is 18.3. The zero-order chi connectivity index (χ0) is 20.8. The Bertz CT molecular complexity index is 1260. The molecule has 1 aliphatic heterocycles. The van der Waals surface area contributed by atoms with Gasteiger partial charge >= 0.3 is 0 Å². The molecular weight excluding hydrogens is 390 g/mol. The number of anilines is 1. The standard InChI is InChI=1S/C21H18F2N6O/c1-13(30)14-10-24-29(12-14)19-11-25-28-8-6-20(26-21(19)28)27-7-2-3-18(27)16-9-15(22)4-5-17(16)23/h4-6,8-12,18H,2-3,7H2,1H3/t18-/m0/s1. The lowest BCUT2D eigenvalue weighted by Gasteiger charge is -2.26. The van der Waals surface area contributed by atoms with Crippen molar-refractivity contribution < 1.29 is 13.6 Å². The van der Waals surface area contributed by atoms with Crippen molar-refractivity contribution in [2.45, 2.75) is 25.8 Å². The van der Waals surface area contributed by atoms with E-state index in [0.29, 0.717) is 41.2 Å². The van der Waals surface area contributed by atoms with Crippen LogP contribution in [0.1, 0.15) is 41.7 Å². The van der Waals surface area contributed by atoms with E-state index in [1.807, 2.05) is 11.0 Å². The number of nitrogens with zero attached hydrogens (tertiary/aromatic N) is 6. The largest absolute Gasteiger partial charge is 0.349 e. The van der Waals surface area contributed by atoms with Gasteiger partial charge in [-0.1, -0.05) is 0 Å². The maximum atomic E-state index is 14.4. The summed E-state index contributed by atoms with van der Waals surface area (Å²) in [5.74, 6) is -0.315. The third-order valence-electron chi connectivity index (χ3n) is 5.44. The van der Waals surface area contributed by atoms with Gasteiger partial charge in [-0.25, -0.2) is 23.0 Å². The minimum absolute atomic E-state index is 0.0802. The fourth-order valence-electron chi connectivity index (χ4n) is 3.94. The lowest BCUT2D eigenvalue weighted by Crippen LogP contribution is -2.24. The summed E-state index contributed by atoms with van der Waals surface area (Å²) >= 11 is 0. The van der Waals surface area contributed by atoms with E-state index < -0.39 is 11.6 Å². The molecule has 0 saturated carbocycles. The van der Waals surface area contributed by atoms with Crippen molar-refractivity contribution in [2.24, 2.45) is 0 Å². The van der Waals surface area contributed by atoms with E-state index in [0.717, 1.165) is 18.6 Å². The van der Waals surface area contributed by atoms with E-state index in [1.165, 1.54) is 19.2 Å². The van der Waals surface area contributed by atoms with Gasteiger partial charge in [-0.05, 0) is 44.0 Å². The van der Waals surface area contributed by atoms with Gasteiger partial charge in [0.2, 0.25) is 0 Å². The topological polar surface area (TPSA) is 68.3 Å². The van der Waals surface area contributed by atoms with Crippen LogP contribution >= 0.6 is 0 Å². The smallest absolute Gasteiger partial charge is 0.183 e. The maximum absolute atomic E-state index is 14.4. The molecule has 0 amide bonds. The summed E-state index contributed by atoms with van der Waals surface area (Å²) in [5.41, 5.74) is 2.00. The monoisotopic (exact) mass is 408 g/mol. The molecule has 5 rings (SSSR count). The molecule has 0 unspecified atom stereocenters. The molecule has 1 aliphatic rings. The number of Topliss-reactive ketones (excluding diaryl/α,β-unsaturated/α-hetero) is 1. The van der Waals surface area contributed by atoms with Crippen LogP contribution in [0.5, 0.6) is 0 Å². The summed E-state index contributed by atoms with van der Waals surface area (Å²) in [5, 5.41) is 8.54. The average Bonchev–Trinajstić information content (AvgIpc) is 3.47. The van der Waals surface area contributed by atoms with Crippen molar-refractivity contribution in [3.63, 3.8) is 0 Å². The first-order valence-corrected chi connectivity index (χ1v) is 9.63. The molecule has 0 N–H and O–H groups in total. The highest BCUT2D eigenvalue weighted by Gasteiger charge is 2.30. The Hall–Kier alpha value is -3.62. The number of carbonyl (C=O) groups excluding carboxylic acids is 1. The molecule has 30 heavy (non-hydrogen) atoms. The molecule has 1 saturated heterocycles.